The molecule has 1 unspecified atom stereocenters. The van der Waals surface area contributed by atoms with E-state index in [1.807, 2.05) is 10.8 Å². The molecule has 1 atom stereocenters. The smallest absolute Gasteiger partial charge is 0.288 e. The largest absolute Gasteiger partial charge is 0.382 e. The second-order valence-corrected chi connectivity index (χ2v) is 5.35. The van der Waals surface area contributed by atoms with E-state index in [-0.39, 0.29) is 5.56 Å². The number of hydrogen-bond acceptors (Lipinski definition) is 4. The summed E-state index contributed by atoms with van der Waals surface area (Å²) in [6, 6.07) is 0.323. The van der Waals surface area contributed by atoms with Gasteiger partial charge in [-0.2, -0.15) is 5.10 Å². The molecule has 0 bridgehead atoms. The van der Waals surface area contributed by atoms with Gasteiger partial charge in [0.15, 0.2) is 5.82 Å². The maximum absolute atomic E-state index is 11.9. The summed E-state index contributed by atoms with van der Waals surface area (Å²) >= 11 is 2.19. The summed E-state index contributed by atoms with van der Waals surface area (Å²) in [6.45, 7) is 1.88. The van der Waals surface area contributed by atoms with Crippen LogP contribution in [-0.2, 0) is 0 Å². The molecule has 17 heavy (non-hydrogen) atoms. The number of anilines is 1. The molecule has 2 aromatic heterocycles. The molecule has 0 saturated carbocycles. The number of nitrogens with two attached hydrogens (primary N) is 1. The van der Waals surface area contributed by atoms with Gasteiger partial charge in [-0.05, 0) is 35.6 Å². The Bertz CT molecular complexity index is 625. The molecule has 0 spiro atoms. The van der Waals surface area contributed by atoms with Crippen LogP contribution in [-0.4, -0.2) is 27.9 Å². The van der Waals surface area contributed by atoms with Gasteiger partial charge in [-0.3, -0.25) is 4.79 Å². The van der Waals surface area contributed by atoms with Gasteiger partial charge >= 0.3 is 0 Å². The zero-order chi connectivity index (χ0) is 12.0. The molecular weight excluding hydrogens is 333 g/mol. The fraction of sp³-hybridized carbons (Fsp3) is 0.400. The highest BCUT2D eigenvalue weighted by atomic mass is 127. The number of nitrogens with one attached hydrogen (secondary N) is 2. The number of fused-ring (bicyclic) bond motifs is 1. The first-order chi connectivity index (χ1) is 8.18. The van der Waals surface area contributed by atoms with Crippen LogP contribution in [0.2, 0.25) is 0 Å². The number of halogens is 1. The maximum atomic E-state index is 11.9. The van der Waals surface area contributed by atoms with E-state index in [4.69, 9.17) is 5.73 Å². The molecule has 3 rings (SSSR count). The quantitative estimate of drug-likeness (QED) is 0.655. The highest BCUT2D eigenvalue weighted by molar-refractivity contribution is 14.1. The summed E-state index contributed by atoms with van der Waals surface area (Å²) in [7, 11) is 0. The van der Waals surface area contributed by atoms with Crippen molar-refractivity contribution in [2.24, 2.45) is 0 Å². The van der Waals surface area contributed by atoms with Crippen molar-refractivity contribution in [3.8, 4) is 0 Å². The second-order valence-electron chi connectivity index (χ2n) is 4.19. The molecule has 1 fully saturated rings. The summed E-state index contributed by atoms with van der Waals surface area (Å²) in [4.78, 5) is 11.9. The van der Waals surface area contributed by atoms with E-state index in [0.717, 1.165) is 28.5 Å². The van der Waals surface area contributed by atoms with Crippen LogP contribution >= 0.6 is 22.6 Å². The van der Waals surface area contributed by atoms with E-state index >= 15 is 0 Å². The lowest BCUT2D eigenvalue weighted by atomic mass is 10.2. The minimum Gasteiger partial charge on any atom is -0.382 e. The normalized spacial score (nSPS) is 20.2. The summed E-state index contributed by atoms with van der Waals surface area (Å²) < 4.78 is 2.99. The Balaban J connectivity index is 2.32. The fourth-order valence-electron chi connectivity index (χ4n) is 2.35. The molecule has 2 aromatic rings. The van der Waals surface area contributed by atoms with Crippen LogP contribution < -0.4 is 16.6 Å². The Kier molecular flexibility index (Phi) is 2.58. The number of aromatic nitrogens is 3. The SMILES string of the molecule is Nc1n[nH]c(=O)c2c1c(I)cn2C1CCNC1. The van der Waals surface area contributed by atoms with Crippen molar-refractivity contribution >= 4 is 39.3 Å². The van der Waals surface area contributed by atoms with E-state index in [1.165, 1.54) is 0 Å². The van der Waals surface area contributed by atoms with Crippen LogP contribution in [0.5, 0.6) is 0 Å². The van der Waals surface area contributed by atoms with Gasteiger partial charge in [0.25, 0.3) is 5.56 Å². The van der Waals surface area contributed by atoms with Crippen LogP contribution in [0.3, 0.4) is 0 Å². The number of nitrogen functional groups attached to an aromatic ring is 1. The zero-order valence-electron chi connectivity index (χ0n) is 9.03. The van der Waals surface area contributed by atoms with Crippen LogP contribution in [0.25, 0.3) is 10.9 Å². The third-order valence-electron chi connectivity index (χ3n) is 3.16. The molecule has 6 nitrogen and oxygen atoms in total. The van der Waals surface area contributed by atoms with Crippen molar-refractivity contribution in [3.05, 3.63) is 20.1 Å². The first kappa shape index (κ1) is 11.0. The first-order valence-electron chi connectivity index (χ1n) is 5.43. The summed E-state index contributed by atoms with van der Waals surface area (Å²) in [6.07, 6.45) is 3.01. The summed E-state index contributed by atoms with van der Waals surface area (Å²) in [5.74, 6) is 0.383. The molecule has 1 aliphatic rings. The Morgan fingerprint density at radius 1 is 1.59 bits per heavy atom. The van der Waals surface area contributed by atoms with Gasteiger partial charge in [-0.1, -0.05) is 0 Å². The van der Waals surface area contributed by atoms with E-state index in [2.05, 4.69) is 38.1 Å². The van der Waals surface area contributed by atoms with Crippen molar-refractivity contribution in [2.45, 2.75) is 12.5 Å². The third-order valence-corrected chi connectivity index (χ3v) is 3.98. The minimum absolute atomic E-state index is 0.177. The van der Waals surface area contributed by atoms with Crippen LogP contribution in [0.4, 0.5) is 5.82 Å². The summed E-state index contributed by atoms with van der Waals surface area (Å²) in [5, 5.41) is 10.3. The average Bonchev–Trinajstić information content (AvgIpc) is 2.91. The van der Waals surface area contributed by atoms with E-state index in [9.17, 15) is 4.79 Å². The average molecular weight is 345 g/mol. The third kappa shape index (κ3) is 1.64. The lowest BCUT2D eigenvalue weighted by Crippen LogP contribution is -2.18. The lowest BCUT2D eigenvalue weighted by Gasteiger charge is -2.11. The predicted molar refractivity (Wildman–Crippen MR) is 74.0 cm³/mol. The van der Waals surface area contributed by atoms with Crippen LogP contribution in [0.15, 0.2) is 11.0 Å². The van der Waals surface area contributed by atoms with Gasteiger partial charge in [0.1, 0.15) is 5.52 Å². The molecule has 7 heteroatoms. The number of H-pyrrole nitrogens is 1. The van der Waals surface area contributed by atoms with Crippen molar-refractivity contribution in [1.82, 2.24) is 20.1 Å². The van der Waals surface area contributed by atoms with E-state index in [1.54, 1.807) is 0 Å². The molecule has 1 aliphatic heterocycles. The van der Waals surface area contributed by atoms with Crippen molar-refractivity contribution < 1.29 is 0 Å². The van der Waals surface area contributed by atoms with Crippen molar-refractivity contribution in [3.63, 3.8) is 0 Å². The Hall–Kier alpha value is -1.09. The fourth-order valence-corrected chi connectivity index (χ4v) is 3.18. The number of nitrogens with zero attached hydrogens (tertiary/aromatic N) is 2. The van der Waals surface area contributed by atoms with E-state index in [0.29, 0.717) is 17.4 Å². The lowest BCUT2D eigenvalue weighted by molar-refractivity contribution is 0.563. The van der Waals surface area contributed by atoms with Crippen LogP contribution in [0.1, 0.15) is 12.5 Å². The molecule has 0 aliphatic carbocycles. The van der Waals surface area contributed by atoms with Gasteiger partial charge in [-0.15, -0.1) is 0 Å². The van der Waals surface area contributed by atoms with Gasteiger partial charge in [0, 0.05) is 22.4 Å². The topological polar surface area (TPSA) is 88.7 Å². The summed E-state index contributed by atoms with van der Waals surface area (Å²) in [5.41, 5.74) is 6.28. The van der Waals surface area contributed by atoms with Gasteiger partial charge < -0.3 is 15.6 Å². The zero-order valence-corrected chi connectivity index (χ0v) is 11.2. The Morgan fingerprint density at radius 2 is 2.41 bits per heavy atom. The monoisotopic (exact) mass is 345 g/mol. The van der Waals surface area contributed by atoms with Gasteiger partial charge in [-0.25, -0.2) is 5.10 Å². The standard InChI is InChI=1S/C10H12IN5O/c11-6-4-16(5-1-2-13-3-5)8-7(6)9(12)14-15-10(8)17/h4-5,13H,1-3H2,(H2,12,14)(H,15,17). The maximum Gasteiger partial charge on any atom is 0.288 e. The Morgan fingerprint density at radius 3 is 3.12 bits per heavy atom. The molecule has 0 radical (unpaired) electrons. The molecule has 1 saturated heterocycles. The molecule has 3 heterocycles. The highest BCUT2D eigenvalue weighted by Gasteiger charge is 2.22. The number of hydrogen-bond donors (Lipinski definition) is 3. The molecule has 90 valence electrons. The molecule has 0 aromatic carbocycles. The molecule has 4 N–H and O–H groups in total. The van der Waals surface area contributed by atoms with E-state index < -0.39 is 0 Å². The minimum atomic E-state index is -0.177. The molecular formula is C10H12IN5O. The highest BCUT2D eigenvalue weighted by Crippen LogP contribution is 2.28. The number of rotatable bonds is 1. The van der Waals surface area contributed by atoms with Gasteiger partial charge in [0.05, 0.1) is 5.39 Å². The first-order valence-corrected chi connectivity index (χ1v) is 6.51. The van der Waals surface area contributed by atoms with Crippen molar-refractivity contribution in [1.29, 1.82) is 0 Å². The molecule has 0 amide bonds. The van der Waals surface area contributed by atoms with Crippen LogP contribution in [0, 0.1) is 3.57 Å². The van der Waals surface area contributed by atoms with Crippen molar-refractivity contribution in [2.75, 3.05) is 18.8 Å². The number of aromatic amines is 1. The Labute approximate surface area is 111 Å². The second kappa shape index (κ2) is 3.98. The predicted octanol–water partition coefficient (Wildman–Crippen LogP) is 0.446. The van der Waals surface area contributed by atoms with Gasteiger partial charge in [0.2, 0.25) is 0 Å².